The summed E-state index contributed by atoms with van der Waals surface area (Å²) in [6.07, 6.45) is 4.07. The van der Waals surface area contributed by atoms with Gasteiger partial charge in [0.25, 0.3) is 5.91 Å². The van der Waals surface area contributed by atoms with E-state index in [-0.39, 0.29) is 18.3 Å². The van der Waals surface area contributed by atoms with Gasteiger partial charge in [-0.1, -0.05) is 0 Å². The molecule has 0 aromatic carbocycles. The van der Waals surface area contributed by atoms with E-state index >= 15 is 0 Å². The summed E-state index contributed by atoms with van der Waals surface area (Å²) in [6.45, 7) is 1.91. The van der Waals surface area contributed by atoms with Crippen LogP contribution in [-0.4, -0.2) is 28.5 Å². The van der Waals surface area contributed by atoms with Crippen molar-refractivity contribution in [3.63, 3.8) is 0 Å². The van der Waals surface area contributed by atoms with Crippen molar-refractivity contribution >= 4 is 33.8 Å². The molecule has 0 fully saturated rings. The monoisotopic (exact) mass is 339 g/mol. The molecule has 1 N–H and O–H groups in total. The Morgan fingerprint density at radius 1 is 1.45 bits per heavy atom. The van der Waals surface area contributed by atoms with Crippen molar-refractivity contribution in [3.05, 3.63) is 40.5 Å². The van der Waals surface area contributed by atoms with Crippen LogP contribution in [0.15, 0.2) is 33.6 Å². The maximum Gasteiger partial charge on any atom is 0.360 e. The number of nitrogens with one attached hydrogen (secondary N) is 1. The molecule has 0 bridgehead atoms. The number of carbonyl (C=O) groups excluding carboxylic acids is 2. The second kappa shape index (κ2) is 6.29. The molecule has 0 radical (unpaired) electrons. The lowest BCUT2D eigenvalue weighted by Crippen LogP contribution is -2.13. The van der Waals surface area contributed by atoms with E-state index in [2.05, 4.69) is 31.2 Å². The molecule has 0 spiro atoms. The molecule has 0 saturated carbocycles. The molecule has 2 aromatic rings. The molecule has 7 nitrogen and oxygen atoms in total. The van der Waals surface area contributed by atoms with Crippen molar-refractivity contribution in [2.75, 3.05) is 11.9 Å². The van der Waals surface area contributed by atoms with Crippen molar-refractivity contribution in [1.29, 1.82) is 0 Å². The molecule has 0 saturated heterocycles. The Balaban J connectivity index is 2.07. The lowest BCUT2D eigenvalue weighted by molar-refractivity contribution is 0.0519. The van der Waals surface area contributed by atoms with E-state index in [1.807, 2.05) is 0 Å². The number of anilines is 1. The number of oxazole rings is 1. The third-order valence-electron chi connectivity index (χ3n) is 2.18. The first kappa shape index (κ1) is 14.2. The number of hydrogen-bond donors (Lipinski definition) is 1. The summed E-state index contributed by atoms with van der Waals surface area (Å²) in [6, 6.07) is 1.51. The molecule has 0 unspecified atom stereocenters. The molecule has 2 rings (SSSR count). The zero-order valence-corrected chi connectivity index (χ0v) is 12.0. The van der Waals surface area contributed by atoms with Crippen LogP contribution >= 0.6 is 15.9 Å². The Morgan fingerprint density at radius 3 is 2.95 bits per heavy atom. The minimum atomic E-state index is -0.610. The van der Waals surface area contributed by atoms with E-state index in [4.69, 9.17) is 9.15 Å². The number of ether oxygens (including phenoxy) is 1. The van der Waals surface area contributed by atoms with Gasteiger partial charge < -0.3 is 9.15 Å². The number of rotatable bonds is 4. The Hall–Kier alpha value is -2.22. The lowest BCUT2D eigenvalue weighted by Gasteiger charge is -2.00. The average molecular weight is 340 g/mol. The number of hydrogen-bond acceptors (Lipinski definition) is 6. The van der Waals surface area contributed by atoms with Crippen LogP contribution in [0.2, 0.25) is 0 Å². The molecule has 0 aliphatic heterocycles. The van der Waals surface area contributed by atoms with Gasteiger partial charge in [-0.25, -0.2) is 4.79 Å². The van der Waals surface area contributed by atoms with Crippen LogP contribution in [0.25, 0.3) is 0 Å². The standard InChI is InChI=1S/C12H10BrN3O4/c1-2-19-11(18)9-6-20-12(15-9)16-10(17)7-3-8(13)5-14-4-7/h3-6H,2H2,1H3,(H,15,16,17). The fourth-order valence-electron chi connectivity index (χ4n) is 1.34. The van der Waals surface area contributed by atoms with Crippen LogP contribution in [0.5, 0.6) is 0 Å². The number of esters is 1. The van der Waals surface area contributed by atoms with Crippen molar-refractivity contribution in [3.8, 4) is 0 Å². The topological polar surface area (TPSA) is 94.3 Å². The zero-order chi connectivity index (χ0) is 14.5. The fraction of sp³-hybridized carbons (Fsp3) is 0.167. The normalized spacial score (nSPS) is 10.1. The number of halogens is 1. The molecule has 104 valence electrons. The summed E-state index contributed by atoms with van der Waals surface area (Å²) >= 11 is 3.21. The molecule has 0 aliphatic rings. The van der Waals surface area contributed by atoms with E-state index in [9.17, 15) is 9.59 Å². The molecular formula is C12H10BrN3O4. The Bertz CT molecular complexity index is 641. The SMILES string of the molecule is CCOC(=O)c1coc(NC(=O)c2cncc(Br)c2)n1. The molecule has 2 heterocycles. The number of aromatic nitrogens is 2. The second-order valence-corrected chi connectivity index (χ2v) is 4.52. The first-order valence-electron chi connectivity index (χ1n) is 5.64. The van der Waals surface area contributed by atoms with Gasteiger partial charge in [0.05, 0.1) is 12.2 Å². The van der Waals surface area contributed by atoms with Gasteiger partial charge >= 0.3 is 12.0 Å². The van der Waals surface area contributed by atoms with Gasteiger partial charge in [-0.3, -0.25) is 15.1 Å². The van der Waals surface area contributed by atoms with Crippen LogP contribution in [-0.2, 0) is 4.74 Å². The minimum absolute atomic E-state index is 0.00508. The molecular weight excluding hydrogens is 330 g/mol. The number of nitrogens with zero attached hydrogens (tertiary/aromatic N) is 2. The number of carbonyl (C=O) groups is 2. The predicted octanol–water partition coefficient (Wildman–Crippen LogP) is 2.26. The highest BCUT2D eigenvalue weighted by Crippen LogP contribution is 2.13. The first-order valence-corrected chi connectivity index (χ1v) is 6.44. The van der Waals surface area contributed by atoms with Gasteiger partial charge in [-0.15, -0.1) is 0 Å². The van der Waals surface area contributed by atoms with E-state index in [1.54, 1.807) is 19.2 Å². The average Bonchev–Trinajstić information content (AvgIpc) is 2.87. The van der Waals surface area contributed by atoms with Crippen molar-refractivity contribution in [2.45, 2.75) is 6.92 Å². The summed E-state index contributed by atoms with van der Waals surface area (Å²) in [5.74, 6) is -1.06. The Morgan fingerprint density at radius 2 is 2.25 bits per heavy atom. The van der Waals surface area contributed by atoms with Gasteiger partial charge in [0, 0.05) is 16.9 Å². The summed E-state index contributed by atoms with van der Waals surface area (Å²) in [4.78, 5) is 31.0. The molecule has 1 amide bonds. The van der Waals surface area contributed by atoms with E-state index in [0.717, 1.165) is 6.26 Å². The van der Waals surface area contributed by atoms with Gasteiger partial charge in [0.1, 0.15) is 6.26 Å². The number of pyridine rings is 1. The van der Waals surface area contributed by atoms with Gasteiger partial charge in [-0.2, -0.15) is 4.98 Å². The van der Waals surface area contributed by atoms with Crippen LogP contribution in [0.4, 0.5) is 6.01 Å². The van der Waals surface area contributed by atoms with Crippen LogP contribution in [0.1, 0.15) is 27.8 Å². The third-order valence-corrected chi connectivity index (χ3v) is 2.61. The van der Waals surface area contributed by atoms with E-state index in [0.29, 0.717) is 10.0 Å². The highest BCUT2D eigenvalue weighted by atomic mass is 79.9. The largest absolute Gasteiger partial charge is 0.461 e. The highest BCUT2D eigenvalue weighted by molar-refractivity contribution is 9.10. The molecule has 0 aliphatic carbocycles. The maximum atomic E-state index is 11.9. The molecule has 2 aromatic heterocycles. The highest BCUT2D eigenvalue weighted by Gasteiger charge is 2.15. The maximum absolute atomic E-state index is 11.9. The molecule has 8 heteroatoms. The third kappa shape index (κ3) is 3.41. The van der Waals surface area contributed by atoms with Crippen LogP contribution in [0.3, 0.4) is 0 Å². The molecule has 0 atom stereocenters. The first-order chi connectivity index (χ1) is 9.60. The predicted molar refractivity (Wildman–Crippen MR) is 72.3 cm³/mol. The zero-order valence-electron chi connectivity index (χ0n) is 10.4. The van der Waals surface area contributed by atoms with Crippen LogP contribution < -0.4 is 5.32 Å². The van der Waals surface area contributed by atoms with Gasteiger partial charge in [0.15, 0.2) is 5.69 Å². The summed E-state index contributed by atoms with van der Waals surface area (Å²) in [5, 5.41) is 2.42. The van der Waals surface area contributed by atoms with Crippen molar-refractivity contribution < 1.29 is 18.7 Å². The second-order valence-electron chi connectivity index (χ2n) is 3.60. The van der Waals surface area contributed by atoms with Crippen molar-refractivity contribution in [1.82, 2.24) is 9.97 Å². The quantitative estimate of drug-likeness (QED) is 0.858. The minimum Gasteiger partial charge on any atom is -0.461 e. The van der Waals surface area contributed by atoms with Gasteiger partial charge in [-0.05, 0) is 28.9 Å². The van der Waals surface area contributed by atoms with Crippen LogP contribution in [0, 0.1) is 0 Å². The van der Waals surface area contributed by atoms with E-state index in [1.165, 1.54) is 6.20 Å². The summed E-state index contributed by atoms with van der Waals surface area (Å²) in [7, 11) is 0. The fourth-order valence-corrected chi connectivity index (χ4v) is 1.70. The summed E-state index contributed by atoms with van der Waals surface area (Å²) < 4.78 is 10.4. The van der Waals surface area contributed by atoms with Crippen molar-refractivity contribution in [2.24, 2.45) is 0 Å². The smallest absolute Gasteiger partial charge is 0.360 e. The Labute approximate surface area is 122 Å². The Kier molecular flexibility index (Phi) is 4.46. The lowest BCUT2D eigenvalue weighted by atomic mass is 10.3. The number of amides is 1. The van der Waals surface area contributed by atoms with Gasteiger partial charge in [0.2, 0.25) is 0 Å². The summed E-state index contributed by atoms with van der Waals surface area (Å²) in [5.41, 5.74) is 0.324. The molecule has 20 heavy (non-hydrogen) atoms. The van der Waals surface area contributed by atoms with E-state index < -0.39 is 11.9 Å².